The van der Waals surface area contributed by atoms with E-state index in [0.29, 0.717) is 11.5 Å². The second-order valence-electron chi connectivity index (χ2n) is 6.71. The van der Waals surface area contributed by atoms with Gasteiger partial charge in [-0.2, -0.15) is 0 Å². The van der Waals surface area contributed by atoms with E-state index in [2.05, 4.69) is 37.4 Å². The van der Waals surface area contributed by atoms with E-state index in [0.717, 1.165) is 17.6 Å². The second kappa shape index (κ2) is 6.07. The Balaban J connectivity index is 0.00000147. The molecule has 0 spiro atoms. The molecule has 2 fully saturated rings. The molecule has 1 aliphatic heterocycles. The smallest absolute Gasteiger partial charge is 0.119 e. The van der Waals surface area contributed by atoms with Crippen molar-refractivity contribution in [1.82, 2.24) is 5.32 Å². The van der Waals surface area contributed by atoms with E-state index in [1.807, 2.05) is 6.07 Å². The number of piperidine rings is 1. The van der Waals surface area contributed by atoms with Gasteiger partial charge in [0.15, 0.2) is 0 Å². The number of hydrogen-bond acceptors (Lipinski definition) is 2. The third-order valence-corrected chi connectivity index (χ3v) is 5.31. The summed E-state index contributed by atoms with van der Waals surface area (Å²) in [6.45, 7) is 5.96. The average molecular weight is 340 g/mol. The van der Waals surface area contributed by atoms with Gasteiger partial charge in [0.1, 0.15) is 5.75 Å². The van der Waals surface area contributed by atoms with Gasteiger partial charge in [-0.05, 0) is 68.2 Å². The molecule has 20 heavy (non-hydrogen) atoms. The third-order valence-electron chi connectivity index (χ3n) is 5.31. The average Bonchev–Trinajstić information content (AvgIpc) is 2.44. The van der Waals surface area contributed by atoms with Crippen LogP contribution in [0.25, 0.3) is 0 Å². The minimum absolute atomic E-state index is 0. The monoisotopic (exact) mass is 339 g/mol. The lowest BCUT2D eigenvalue weighted by atomic mass is 9.62. The van der Waals surface area contributed by atoms with E-state index in [9.17, 15) is 0 Å². The highest BCUT2D eigenvalue weighted by atomic mass is 79.9. The van der Waals surface area contributed by atoms with Crippen molar-refractivity contribution in [3.8, 4) is 5.75 Å². The van der Waals surface area contributed by atoms with Gasteiger partial charge in [0.25, 0.3) is 0 Å². The molecule has 1 saturated heterocycles. The first-order chi connectivity index (χ1) is 9.11. The zero-order valence-corrected chi connectivity index (χ0v) is 14.4. The van der Waals surface area contributed by atoms with E-state index in [1.165, 1.54) is 31.4 Å². The molecule has 0 amide bonds. The minimum Gasteiger partial charge on any atom is -0.497 e. The fraction of sp³-hybridized carbons (Fsp3) is 0.647. The van der Waals surface area contributed by atoms with Gasteiger partial charge in [-0.15, -0.1) is 17.0 Å². The highest BCUT2D eigenvalue weighted by Gasteiger charge is 2.43. The minimum atomic E-state index is 0. The molecular weight excluding hydrogens is 314 g/mol. The van der Waals surface area contributed by atoms with E-state index in [-0.39, 0.29) is 17.0 Å². The van der Waals surface area contributed by atoms with E-state index in [4.69, 9.17) is 4.74 Å². The molecule has 3 rings (SSSR count). The lowest BCUT2D eigenvalue weighted by Crippen LogP contribution is -2.55. The molecule has 2 aliphatic rings. The first-order valence-electron chi connectivity index (χ1n) is 7.50. The molecule has 4 atom stereocenters. The predicted octanol–water partition coefficient (Wildman–Crippen LogP) is 4.15. The quantitative estimate of drug-likeness (QED) is 0.873. The Morgan fingerprint density at radius 1 is 1.35 bits per heavy atom. The molecule has 1 aromatic carbocycles. The summed E-state index contributed by atoms with van der Waals surface area (Å²) >= 11 is 0. The lowest BCUT2D eigenvalue weighted by Gasteiger charge is -2.50. The number of benzene rings is 1. The maximum Gasteiger partial charge on any atom is 0.119 e. The van der Waals surface area contributed by atoms with Gasteiger partial charge in [0, 0.05) is 5.54 Å². The Kier molecular flexibility index (Phi) is 4.80. The van der Waals surface area contributed by atoms with Crippen molar-refractivity contribution in [2.45, 2.75) is 44.6 Å². The second-order valence-corrected chi connectivity index (χ2v) is 6.71. The van der Waals surface area contributed by atoms with Crippen LogP contribution < -0.4 is 10.1 Å². The highest BCUT2D eigenvalue weighted by Crippen LogP contribution is 2.48. The van der Waals surface area contributed by atoms with Gasteiger partial charge < -0.3 is 10.1 Å². The van der Waals surface area contributed by atoms with Gasteiger partial charge >= 0.3 is 0 Å². The molecule has 1 aliphatic carbocycles. The van der Waals surface area contributed by atoms with Crippen molar-refractivity contribution in [2.24, 2.45) is 11.8 Å². The van der Waals surface area contributed by atoms with Crippen LogP contribution in [-0.4, -0.2) is 19.2 Å². The molecule has 4 unspecified atom stereocenters. The summed E-state index contributed by atoms with van der Waals surface area (Å²) in [7, 11) is 1.75. The van der Waals surface area contributed by atoms with E-state index < -0.39 is 0 Å². The largest absolute Gasteiger partial charge is 0.497 e. The van der Waals surface area contributed by atoms with Crippen LogP contribution in [0.1, 0.15) is 44.6 Å². The molecule has 1 saturated carbocycles. The Hall–Kier alpha value is -0.540. The highest BCUT2D eigenvalue weighted by molar-refractivity contribution is 8.93. The summed E-state index contributed by atoms with van der Waals surface area (Å²) in [5.41, 5.74) is 1.85. The number of fused-ring (bicyclic) bond motifs is 2. The number of rotatable bonds is 2. The number of methoxy groups -OCH3 is 1. The van der Waals surface area contributed by atoms with Crippen molar-refractivity contribution in [3.05, 3.63) is 29.8 Å². The standard InChI is InChI=1S/C17H25NO.BrH/c1-12-11-18-17(2)8-7-15(16(12)10-17)13-5-4-6-14(9-13)19-3;/h4-6,9,12,15-16,18H,7-8,10-11H2,1-3H3;1H. The predicted molar refractivity (Wildman–Crippen MR) is 89.0 cm³/mol. The van der Waals surface area contributed by atoms with Crippen molar-refractivity contribution < 1.29 is 4.74 Å². The van der Waals surface area contributed by atoms with Crippen LogP contribution in [-0.2, 0) is 0 Å². The van der Waals surface area contributed by atoms with Gasteiger partial charge in [-0.25, -0.2) is 0 Å². The van der Waals surface area contributed by atoms with Crippen LogP contribution in [0, 0.1) is 11.8 Å². The SMILES string of the molecule is Br.COc1cccc(C2CCC3(C)CC2C(C)CN3)c1. The third kappa shape index (κ3) is 2.89. The van der Waals surface area contributed by atoms with Gasteiger partial charge in [-0.1, -0.05) is 19.1 Å². The Labute approximate surface area is 133 Å². The summed E-state index contributed by atoms with van der Waals surface area (Å²) < 4.78 is 5.38. The topological polar surface area (TPSA) is 21.3 Å². The number of nitrogens with one attached hydrogen (secondary N) is 1. The summed E-state index contributed by atoms with van der Waals surface area (Å²) in [4.78, 5) is 0. The molecule has 2 bridgehead atoms. The van der Waals surface area contributed by atoms with Crippen molar-refractivity contribution >= 4 is 17.0 Å². The zero-order chi connectivity index (χ0) is 13.5. The van der Waals surface area contributed by atoms with Crippen LogP contribution in [0.4, 0.5) is 0 Å². The molecule has 1 N–H and O–H groups in total. The summed E-state index contributed by atoms with van der Waals surface area (Å²) in [5.74, 6) is 3.28. The van der Waals surface area contributed by atoms with Gasteiger partial charge in [-0.3, -0.25) is 0 Å². The Bertz CT molecular complexity index is 464. The molecule has 112 valence electrons. The molecule has 3 heteroatoms. The van der Waals surface area contributed by atoms with Gasteiger partial charge in [0.2, 0.25) is 0 Å². The molecule has 2 nitrogen and oxygen atoms in total. The summed E-state index contributed by atoms with van der Waals surface area (Å²) in [5, 5.41) is 3.75. The number of ether oxygens (including phenoxy) is 1. The van der Waals surface area contributed by atoms with Crippen molar-refractivity contribution in [2.75, 3.05) is 13.7 Å². The summed E-state index contributed by atoms with van der Waals surface area (Å²) in [6.07, 6.45) is 3.90. The molecule has 1 heterocycles. The van der Waals surface area contributed by atoms with Crippen LogP contribution in [0.15, 0.2) is 24.3 Å². The number of halogens is 1. The normalized spacial score (nSPS) is 36.0. The number of hydrogen-bond donors (Lipinski definition) is 1. The zero-order valence-electron chi connectivity index (χ0n) is 12.7. The van der Waals surface area contributed by atoms with Crippen LogP contribution in [0.5, 0.6) is 5.75 Å². The molecule has 0 aromatic heterocycles. The Morgan fingerprint density at radius 3 is 2.90 bits per heavy atom. The summed E-state index contributed by atoms with van der Waals surface area (Å²) in [6, 6.07) is 8.70. The molecular formula is C17H26BrNO. The van der Waals surface area contributed by atoms with E-state index >= 15 is 0 Å². The van der Waals surface area contributed by atoms with Crippen molar-refractivity contribution in [3.63, 3.8) is 0 Å². The van der Waals surface area contributed by atoms with Crippen molar-refractivity contribution in [1.29, 1.82) is 0 Å². The first-order valence-corrected chi connectivity index (χ1v) is 7.50. The van der Waals surface area contributed by atoms with Crippen LogP contribution in [0.3, 0.4) is 0 Å². The van der Waals surface area contributed by atoms with Gasteiger partial charge in [0.05, 0.1) is 7.11 Å². The molecule has 1 aromatic rings. The lowest BCUT2D eigenvalue weighted by molar-refractivity contribution is 0.0802. The van der Waals surface area contributed by atoms with Crippen LogP contribution >= 0.6 is 17.0 Å². The fourth-order valence-electron chi connectivity index (χ4n) is 4.06. The van der Waals surface area contributed by atoms with E-state index in [1.54, 1.807) is 7.11 Å². The first kappa shape index (κ1) is 15.8. The Morgan fingerprint density at radius 2 is 2.15 bits per heavy atom. The molecule has 0 radical (unpaired) electrons. The fourth-order valence-corrected chi connectivity index (χ4v) is 4.06. The van der Waals surface area contributed by atoms with Crippen LogP contribution in [0.2, 0.25) is 0 Å². The maximum absolute atomic E-state index is 5.38. The maximum atomic E-state index is 5.38.